The van der Waals surface area contributed by atoms with Crippen molar-refractivity contribution >= 4 is 0 Å². The molecular formula is C9H18. The van der Waals surface area contributed by atoms with Crippen LogP contribution in [0.4, 0.5) is 0 Å². The lowest BCUT2D eigenvalue weighted by atomic mass is 9.92. The molecule has 1 fully saturated rings. The zero-order valence-corrected chi connectivity index (χ0v) is 6.91. The smallest absolute Gasteiger partial charge is 0.0297 e. The van der Waals surface area contributed by atoms with Gasteiger partial charge in [0.05, 0.1) is 0 Å². The second kappa shape index (κ2) is 2.32. The van der Waals surface area contributed by atoms with Gasteiger partial charge >= 0.3 is 0 Å². The Balaban J connectivity index is 2.25. The van der Waals surface area contributed by atoms with Gasteiger partial charge in [0.2, 0.25) is 0 Å². The van der Waals surface area contributed by atoms with Gasteiger partial charge in [-0.05, 0) is 30.6 Å². The Hall–Kier alpha value is 0. The van der Waals surface area contributed by atoms with Crippen LogP contribution in [-0.4, -0.2) is 0 Å². The Kier molecular flexibility index (Phi) is 1.83. The van der Waals surface area contributed by atoms with Crippen LogP contribution in [-0.2, 0) is 0 Å². The molecule has 0 aliphatic heterocycles. The number of hydrogen-bond acceptors (Lipinski definition) is 0. The van der Waals surface area contributed by atoms with E-state index >= 15 is 0 Å². The van der Waals surface area contributed by atoms with E-state index in [9.17, 15) is 0 Å². The summed E-state index contributed by atoms with van der Waals surface area (Å²) < 4.78 is 0. The fourth-order valence-corrected chi connectivity index (χ4v) is 1.74. The van der Waals surface area contributed by atoms with Crippen LogP contribution in [0.1, 0.15) is 46.5 Å². The predicted octanol–water partition coefficient (Wildman–Crippen LogP) is 3.22. The quantitative estimate of drug-likeness (QED) is 0.544. The summed E-state index contributed by atoms with van der Waals surface area (Å²) in [4.78, 5) is 0. The van der Waals surface area contributed by atoms with Gasteiger partial charge in [-0.1, -0.05) is 27.2 Å². The van der Waals surface area contributed by atoms with Crippen molar-refractivity contribution in [1.82, 2.24) is 0 Å². The third kappa shape index (κ3) is 1.70. The number of rotatable bonds is 3. The molecule has 1 saturated carbocycles. The highest BCUT2D eigenvalue weighted by molar-refractivity contribution is 4.91. The Morgan fingerprint density at radius 2 is 1.89 bits per heavy atom. The number of hydrogen-bond donors (Lipinski definition) is 0. The lowest BCUT2D eigenvalue weighted by Gasteiger charge is -2.13. The molecule has 0 nitrogen and oxygen atoms in total. The largest absolute Gasteiger partial charge is 0.0649 e. The van der Waals surface area contributed by atoms with E-state index < -0.39 is 0 Å². The predicted molar refractivity (Wildman–Crippen MR) is 41.4 cm³/mol. The van der Waals surface area contributed by atoms with Crippen molar-refractivity contribution in [2.75, 3.05) is 0 Å². The van der Waals surface area contributed by atoms with E-state index in [1.165, 1.54) is 25.7 Å². The van der Waals surface area contributed by atoms with E-state index in [0.29, 0.717) is 0 Å². The summed E-state index contributed by atoms with van der Waals surface area (Å²) in [5, 5.41) is 0. The van der Waals surface area contributed by atoms with Crippen LogP contribution in [0, 0.1) is 11.3 Å². The molecule has 9 heavy (non-hydrogen) atoms. The van der Waals surface area contributed by atoms with E-state index in [0.717, 1.165) is 11.3 Å². The third-order valence-corrected chi connectivity index (χ3v) is 2.55. The van der Waals surface area contributed by atoms with Crippen molar-refractivity contribution in [1.29, 1.82) is 0 Å². The molecule has 0 radical (unpaired) electrons. The molecule has 0 N–H and O–H groups in total. The minimum Gasteiger partial charge on any atom is -0.0649 e. The topological polar surface area (TPSA) is 0 Å². The van der Waals surface area contributed by atoms with Crippen molar-refractivity contribution in [3.63, 3.8) is 0 Å². The SMILES string of the molecule is CCC1(CC(C)C)CC1. The Morgan fingerprint density at radius 3 is 2.00 bits per heavy atom. The summed E-state index contributed by atoms with van der Waals surface area (Å²) in [6.45, 7) is 6.99. The van der Waals surface area contributed by atoms with Crippen LogP contribution in [0.5, 0.6) is 0 Å². The maximum Gasteiger partial charge on any atom is -0.0297 e. The third-order valence-electron chi connectivity index (χ3n) is 2.55. The summed E-state index contributed by atoms with van der Waals surface area (Å²) in [6, 6.07) is 0. The molecule has 0 aromatic heterocycles. The molecule has 0 saturated heterocycles. The molecule has 0 aromatic carbocycles. The summed E-state index contributed by atoms with van der Waals surface area (Å²) >= 11 is 0. The molecular weight excluding hydrogens is 108 g/mol. The first-order valence-corrected chi connectivity index (χ1v) is 4.18. The van der Waals surface area contributed by atoms with Gasteiger partial charge < -0.3 is 0 Å². The van der Waals surface area contributed by atoms with Crippen LogP contribution in [0.3, 0.4) is 0 Å². The first-order valence-electron chi connectivity index (χ1n) is 4.18. The molecule has 1 rings (SSSR count). The molecule has 1 aliphatic rings. The molecule has 0 unspecified atom stereocenters. The summed E-state index contributed by atoms with van der Waals surface area (Å²) in [5.74, 6) is 0.910. The Morgan fingerprint density at radius 1 is 1.33 bits per heavy atom. The molecule has 0 aromatic rings. The van der Waals surface area contributed by atoms with E-state index in [1.54, 1.807) is 0 Å². The van der Waals surface area contributed by atoms with E-state index in [1.807, 2.05) is 0 Å². The summed E-state index contributed by atoms with van der Waals surface area (Å²) in [7, 11) is 0. The van der Waals surface area contributed by atoms with Gasteiger partial charge in [0, 0.05) is 0 Å². The fraction of sp³-hybridized carbons (Fsp3) is 1.00. The van der Waals surface area contributed by atoms with Crippen LogP contribution in [0.2, 0.25) is 0 Å². The fourth-order valence-electron chi connectivity index (χ4n) is 1.74. The van der Waals surface area contributed by atoms with Crippen molar-refractivity contribution in [2.45, 2.75) is 46.5 Å². The van der Waals surface area contributed by atoms with E-state index in [4.69, 9.17) is 0 Å². The van der Waals surface area contributed by atoms with Crippen LogP contribution in [0.15, 0.2) is 0 Å². The molecule has 0 amide bonds. The lowest BCUT2D eigenvalue weighted by molar-refractivity contribution is 0.378. The molecule has 54 valence electrons. The van der Waals surface area contributed by atoms with E-state index in [2.05, 4.69) is 20.8 Å². The normalized spacial score (nSPS) is 22.7. The first kappa shape index (κ1) is 7.11. The maximum atomic E-state index is 2.33. The van der Waals surface area contributed by atoms with Gasteiger partial charge in [-0.3, -0.25) is 0 Å². The minimum atomic E-state index is 0.814. The van der Waals surface area contributed by atoms with Gasteiger partial charge in [-0.25, -0.2) is 0 Å². The van der Waals surface area contributed by atoms with Gasteiger partial charge in [-0.15, -0.1) is 0 Å². The zero-order valence-electron chi connectivity index (χ0n) is 6.91. The highest BCUT2D eigenvalue weighted by atomic mass is 14.5. The average Bonchev–Trinajstić information content (AvgIpc) is 2.48. The summed E-state index contributed by atoms with van der Waals surface area (Å²) in [5.41, 5.74) is 0.814. The van der Waals surface area contributed by atoms with Gasteiger partial charge in [0.15, 0.2) is 0 Å². The van der Waals surface area contributed by atoms with Crippen molar-refractivity contribution < 1.29 is 0 Å². The molecule has 0 heteroatoms. The van der Waals surface area contributed by atoms with Gasteiger partial charge in [-0.2, -0.15) is 0 Å². The second-order valence-corrected chi connectivity index (χ2v) is 3.95. The lowest BCUT2D eigenvalue weighted by Crippen LogP contribution is -2.02. The van der Waals surface area contributed by atoms with Crippen molar-refractivity contribution in [2.24, 2.45) is 11.3 Å². The highest BCUT2D eigenvalue weighted by Crippen LogP contribution is 2.53. The maximum absolute atomic E-state index is 2.33. The molecule has 0 heterocycles. The monoisotopic (exact) mass is 126 g/mol. The standard InChI is InChI=1S/C9H18/c1-4-9(5-6-9)7-8(2)3/h8H,4-7H2,1-3H3. The van der Waals surface area contributed by atoms with Crippen LogP contribution >= 0.6 is 0 Å². The van der Waals surface area contributed by atoms with Crippen LogP contribution < -0.4 is 0 Å². The zero-order chi connectivity index (χ0) is 6.91. The van der Waals surface area contributed by atoms with Gasteiger partial charge in [0.25, 0.3) is 0 Å². The molecule has 1 aliphatic carbocycles. The van der Waals surface area contributed by atoms with Crippen LogP contribution in [0.25, 0.3) is 0 Å². The van der Waals surface area contributed by atoms with Crippen molar-refractivity contribution in [3.05, 3.63) is 0 Å². The Labute approximate surface area is 58.7 Å². The van der Waals surface area contributed by atoms with Gasteiger partial charge in [0.1, 0.15) is 0 Å². The minimum absolute atomic E-state index is 0.814. The molecule has 0 spiro atoms. The Bertz CT molecular complexity index is 88.2. The first-order chi connectivity index (χ1) is 4.18. The average molecular weight is 126 g/mol. The second-order valence-electron chi connectivity index (χ2n) is 3.95. The highest BCUT2D eigenvalue weighted by Gasteiger charge is 2.40. The summed E-state index contributed by atoms with van der Waals surface area (Å²) in [6.07, 6.45) is 5.87. The van der Waals surface area contributed by atoms with E-state index in [-0.39, 0.29) is 0 Å². The van der Waals surface area contributed by atoms with Crippen molar-refractivity contribution in [3.8, 4) is 0 Å². The molecule has 0 bridgehead atoms. The molecule has 0 atom stereocenters.